The van der Waals surface area contributed by atoms with Gasteiger partial charge >= 0.3 is 0 Å². The largest absolute Gasteiger partial charge is 0.0619 e. The highest BCUT2D eigenvalue weighted by Gasteiger charge is 2.50. The van der Waals surface area contributed by atoms with Crippen molar-refractivity contribution in [2.75, 3.05) is 0 Å². The fourth-order valence-corrected chi connectivity index (χ4v) is 5.33. The Hall–Kier alpha value is -1.56. The second-order valence-electron chi connectivity index (χ2n) is 7.52. The SMILES string of the molecule is Cc1ccc2c(c1)C1(CCC3CCC3C1)c1ccccc1-2. The fourth-order valence-electron chi connectivity index (χ4n) is 5.33. The van der Waals surface area contributed by atoms with Crippen LogP contribution in [0.4, 0.5) is 0 Å². The Balaban J connectivity index is 1.76. The molecule has 0 heterocycles. The predicted octanol–water partition coefficient (Wildman–Crippen LogP) is 5.47. The van der Waals surface area contributed by atoms with Gasteiger partial charge in [0.25, 0.3) is 0 Å². The lowest BCUT2D eigenvalue weighted by Gasteiger charge is -2.49. The van der Waals surface area contributed by atoms with Crippen molar-refractivity contribution in [1.29, 1.82) is 0 Å². The van der Waals surface area contributed by atoms with E-state index >= 15 is 0 Å². The Kier molecular flexibility index (Phi) is 2.29. The molecule has 3 unspecified atom stereocenters. The highest BCUT2D eigenvalue weighted by molar-refractivity contribution is 5.81. The Morgan fingerprint density at radius 1 is 0.857 bits per heavy atom. The van der Waals surface area contributed by atoms with Crippen LogP contribution in [0.25, 0.3) is 11.1 Å². The third-order valence-corrected chi connectivity index (χ3v) is 6.55. The monoisotopic (exact) mass is 274 g/mol. The maximum Gasteiger partial charge on any atom is 0.0218 e. The van der Waals surface area contributed by atoms with E-state index in [1.165, 1.54) is 48.8 Å². The van der Waals surface area contributed by atoms with Gasteiger partial charge in [-0.3, -0.25) is 0 Å². The summed E-state index contributed by atoms with van der Waals surface area (Å²) in [6, 6.07) is 16.3. The molecule has 3 aliphatic rings. The minimum Gasteiger partial charge on any atom is -0.0619 e. The molecule has 0 amide bonds. The van der Waals surface area contributed by atoms with Gasteiger partial charge in [0.15, 0.2) is 0 Å². The summed E-state index contributed by atoms with van der Waals surface area (Å²) in [7, 11) is 0. The Morgan fingerprint density at radius 3 is 2.48 bits per heavy atom. The van der Waals surface area contributed by atoms with Gasteiger partial charge in [0.1, 0.15) is 0 Å². The number of fused-ring (bicyclic) bond motifs is 6. The molecule has 3 aliphatic carbocycles. The third kappa shape index (κ3) is 1.46. The van der Waals surface area contributed by atoms with Gasteiger partial charge in [-0.05, 0) is 73.1 Å². The fraction of sp³-hybridized carbons (Fsp3) is 0.429. The molecule has 0 aliphatic heterocycles. The standard InChI is InChI=1S/C21H22/c1-14-6-9-18-17-4-2-3-5-19(17)21(20(18)12-14)11-10-15-7-8-16(15)13-21/h2-6,9,12,15-16H,7-8,10-11,13H2,1H3. The zero-order chi connectivity index (χ0) is 14.0. The quantitative estimate of drug-likeness (QED) is 0.597. The first-order valence-electron chi connectivity index (χ1n) is 8.49. The molecule has 2 saturated carbocycles. The van der Waals surface area contributed by atoms with Crippen LogP contribution in [0.1, 0.15) is 48.8 Å². The van der Waals surface area contributed by atoms with E-state index in [-0.39, 0.29) is 0 Å². The third-order valence-electron chi connectivity index (χ3n) is 6.55. The molecule has 21 heavy (non-hydrogen) atoms. The van der Waals surface area contributed by atoms with Gasteiger partial charge in [0.2, 0.25) is 0 Å². The smallest absolute Gasteiger partial charge is 0.0218 e. The maximum atomic E-state index is 2.48. The summed E-state index contributed by atoms with van der Waals surface area (Å²) in [4.78, 5) is 0. The summed E-state index contributed by atoms with van der Waals surface area (Å²) in [5, 5.41) is 0. The second kappa shape index (κ2) is 4.00. The van der Waals surface area contributed by atoms with E-state index in [0.29, 0.717) is 5.41 Å². The van der Waals surface area contributed by atoms with Gasteiger partial charge in [-0.15, -0.1) is 0 Å². The molecule has 0 N–H and O–H groups in total. The van der Waals surface area contributed by atoms with Crippen LogP contribution in [-0.4, -0.2) is 0 Å². The van der Waals surface area contributed by atoms with E-state index < -0.39 is 0 Å². The summed E-state index contributed by atoms with van der Waals surface area (Å²) in [6.45, 7) is 2.24. The number of benzene rings is 2. The number of hydrogen-bond acceptors (Lipinski definition) is 0. The molecular formula is C21H22. The van der Waals surface area contributed by atoms with Crippen LogP contribution in [0.3, 0.4) is 0 Å². The molecule has 0 bridgehead atoms. The highest BCUT2D eigenvalue weighted by Crippen LogP contribution is 2.61. The van der Waals surface area contributed by atoms with Crippen LogP contribution in [0.15, 0.2) is 42.5 Å². The van der Waals surface area contributed by atoms with E-state index in [0.717, 1.165) is 11.8 Å². The molecule has 2 fully saturated rings. The summed E-state index contributed by atoms with van der Waals surface area (Å²) in [5.41, 5.74) is 8.01. The number of hydrogen-bond donors (Lipinski definition) is 0. The van der Waals surface area contributed by atoms with Crippen LogP contribution in [0, 0.1) is 18.8 Å². The summed E-state index contributed by atoms with van der Waals surface area (Å²) in [6.07, 6.45) is 7.15. The lowest BCUT2D eigenvalue weighted by atomic mass is 9.55. The van der Waals surface area contributed by atoms with E-state index in [1.54, 1.807) is 11.1 Å². The molecule has 0 aromatic heterocycles. The van der Waals surface area contributed by atoms with Crippen molar-refractivity contribution in [3.05, 3.63) is 59.2 Å². The van der Waals surface area contributed by atoms with E-state index in [1.807, 2.05) is 0 Å². The normalized spacial score (nSPS) is 32.2. The summed E-state index contributed by atoms with van der Waals surface area (Å²) < 4.78 is 0. The van der Waals surface area contributed by atoms with Crippen molar-refractivity contribution >= 4 is 0 Å². The van der Waals surface area contributed by atoms with Crippen molar-refractivity contribution in [1.82, 2.24) is 0 Å². The topological polar surface area (TPSA) is 0 Å². The van der Waals surface area contributed by atoms with Crippen molar-refractivity contribution < 1.29 is 0 Å². The summed E-state index contributed by atoms with van der Waals surface area (Å²) in [5.74, 6) is 2.02. The van der Waals surface area contributed by atoms with Crippen LogP contribution in [0.5, 0.6) is 0 Å². The average molecular weight is 274 g/mol. The first kappa shape index (κ1) is 12.0. The van der Waals surface area contributed by atoms with E-state index in [4.69, 9.17) is 0 Å². The minimum absolute atomic E-state index is 0.333. The van der Waals surface area contributed by atoms with Gasteiger partial charge in [0, 0.05) is 5.41 Å². The van der Waals surface area contributed by atoms with Crippen molar-refractivity contribution in [2.24, 2.45) is 11.8 Å². The molecule has 5 rings (SSSR count). The van der Waals surface area contributed by atoms with Gasteiger partial charge < -0.3 is 0 Å². The Morgan fingerprint density at radius 2 is 1.67 bits per heavy atom. The number of aryl methyl sites for hydroxylation is 1. The Bertz CT molecular complexity index is 727. The van der Waals surface area contributed by atoms with Crippen molar-refractivity contribution in [2.45, 2.75) is 44.4 Å². The van der Waals surface area contributed by atoms with Gasteiger partial charge in [-0.1, -0.05) is 48.0 Å². The molecular weight excluding hydrogens is 252 g/mol. The van der Waals surface area contributed by atoms with Crippen molar-refractivity contribution in [3.8, 4) is 11.1 Å². The lowest BCUT2D eigenvalue weighted by molar-refractivity contribution is 0.0773. The van der Waals surface area contributed by atoms with Gasteiger partial charge in [-0.25, -0.2) is 0 Å². The molecule has 2 aromatic carbocycles. The maximum absolute atomic E-state index is 2.48. The number of rotatable bonds is 0. The molecule has 3 atom stereocenters. The molecule has 0 heteroatoms. The predicted molar refractivity (Wildman–Crippen MR) is 87.5 cm³/mol. The van der Waals surface area contributed by atoms with Crippen molar-refractivity contribution in [3.63, 3.8) is 0 Å². The van der Waals surface area contributed by atoms with Gasteiger partial charge in [-0.2, -0.15) is 0 Å². The van der Waals surface area contributed by atoms with E-state index in [2.05, 4.69) is 49.4 Å². The van der Waals surface area contributed by atoms with Crippen LogP contribution < -0.4 is 0 Å². The lowest BCUT2D eigenvalue weighted by Crippen LogP contribution is -2.41. The molecule has 0 saturated heterocycles. The Labute approximate surface area is 127 Å². The minimum atomic E-state index is 0.333. The van der Waals surface area contributed by atoms with Crippen LogP contribution in [-0.2, 0) is 5.41 Å². The second-order valence-corrected chi connectivity index (χ2v) is 7.52. The first-order valence-corrected chi connectivity index (χ1v) is 8.49. The molecule has 0 nitrogen and oxygen atoms in total. The molecule has 106 valence electrons. The van der Waals surface area contributed by atoms with Gasteiger partial charge in [0.05, 0.1) is 0 Å². The molecule has 1 spiro atoms. The highest BCUT2D eigenvalue weighted by atomic mass is 14.5. The van der Waals surface area contributed by atoms with Crippen LogP contribution >= 0.6 is 0 Å². The zero-order valence-electron chi connectivity index (χ0n) is 12.7. The molecule has 0 radical (unpaired) electrons. The average Bonchev–Trinajstić information content (AvgIpc) is 2.74. The van der Waals surface area contributed by atoms with Crippen LogP contribution in [0.2, 0.25) is 0 Å². The summed E-state index contributed by atoms with van der Waals surface area (Å²) >= 11 is 0. The molecule has 2 aromatic rings. The zero-order valence-corrected chi connectivity index (χ0v) is 12.7. The first-order chi connectivity index (χ1) is 10.3. The van der Waals surface area contributed by atoms with E-state index in [9.17, 15) is 0 Å².